The van der Waals surface area contributed by atoms with Gasteiger partial charge in [-0.25, -0.2) is 4.79 Å². The molecule has 5 nitrogen and oxygen atoms in total. The molecule has 2 saturated heterocycles. The van der Waals surface area contributed by atoms with Crippen LogP contribution >= 0.6 is 0 Å². The van der Waals surface area contributed by atoms with E-state index in [0.717, 1.165) is 32.4 Å². The van der Waals surface area contributed by atoms with Gasteiger partial charge in [0.1, 0.15) is 6.04 Å². The third kappa shape index (κ3) is 2.60. The van der Waals surface area contributed by atoms with Crippen LogP contribution in [0.2, 0.25) is 0 Å². The summed E-state index contributed by atoms with van der Waals surface area (Å²) in [5.74, 6) is -0.0700. The van der Waals surface area contributed by atoms with Gasteiger partial charge in [0, 0.05) is 19.6 Å². The summed E-state index contributed by atoms with van der Waals surface area (Å²) in [6.45, 7) is 4.35. The Labute approximate surface area is 101 Å². The largest absolute Gasteiger partial charge is 0.464 e. The molecule has 1 unspecified atom stereocenters. The van der Waals surface area contributed by atoms with Crippen LogP contribution in [0.1, 0.15) is 26.2 Å². The van der Waals surface area contributed by atoms with E-state index in [1.165, 1.54) is 0 Å². The first-order valence-corrected chi connectivity index (χ1v) is 6.42. The van der Waals surface area contributed by atoms with Gasteiger partial charge < -0.3 is 15.0 Å². The van der Waals surface area contributed by atoms with E-state index in [0.29, 0.717) is 13.2 Å². The maximum Gasteiger partial charge on any atom is 0.328 e. The Balaban J connectivity index is 2.00. The third-order valence-electron chi connectivity index (χ3n) is 3.48. The normalized spacial score (nSPS) is 25.2. The van der Waals surface area contributed by atoms with Gasteiger partial charge >= 0.3 is 5.97 Å². The van der Waals surface area contributed by atoms with Gasteiger partial charge in [0.25, 0.3) is 0 Å². The van der Waals surface area contributed by atoms with E-state index in [1.807, 2.05) is 0 Å². The molecule has 2 rings (SSSR count). The Morgan fingerprint density at radius 3 is 2.71 bits per heavy atom. The summed E-state index contributed by atoms with van der Waals surface area (Å²) < 4.78 is 5.04. The Morgan fingerprint density at radius 2 is 2.12 bits per heavy atom. The van der Waals surface area contributed by atoms with Crippen LogP contribution in [0.25, 0.3) is 0 Å². The van der Waals surface area contributed by atoms with Gasteiger partial charge in [-0.1, -0.05) is 0 Å². The van der Waals surface area contributed by atoms with Crippen molar-refractivity contribution in [2.45, 2.75) is 32.2 Å². The number of ether oxygens (including phenoxy) is 1. The van der Waals surface area contributed by atoms with Crippen LogP contribution in [0, 0.1) is 5.92 Å². The lowest BCUT2D eigenvalue weighted by Crippen LogP contribution is -2.57. The lowest BCUT2D eigenvalue weighted by molar-refractivity contribution is -0.158. The minimum Gasteiger partial charge on any atom is -0.464 e. The maximum atomic E-state index is 12.2. The van der Waals surface area contributed by atoms with Crippen LogP contribution < -0.4 is 5.32 Å². The van der Waals surface area contributed by atoms with Crippen molar-refractivity contribution in [1.29, 1.82) is 0 Å². The standard InChI is InChI=1S/C12H20N2O3/c1-2-17-12(16)10-5-3-4-6-14(10)11(15)9-7-13-8-9/h9-10,13H,2-8H2,1H3. The van der Waals surface area contributed by atoms with E-state index < -0.39 is 0 Å². The van der Waals surface area contributed by atoms with E-state index in [2.05, 4.69) is 5.32 Å². The molecular weight excluding hydrogens is 220 g/mol. The SMILES string of the molecule is CCOC(=O)C1CCCCN1C(=O)C1CNC1. The van der Waals surface area contributed by atoms with E-state index >= 15 is 0 Å². The summed E-state index contributed by atoms with van der Waals surface area (Å²) in [5, 5.41) is 3.09. The van der Waals surface area contributed by atoms with Gasteiger partial charge in [-0.05, 0) is 26.2 Å². The molecule has 0 aromatic carbocycles. The number of piperidine rings is 1. The lowest BCUT2D eigenvalue weighted by Gasteiger charge is -2.38. The molecule has 0 bridgehead atoms. The van der Waals surface area contributed by atoms with E-state index in [9.17, 15) is 9.59 Å². The fourth-order valence-corrected chi connectivity index (χ4v) is 2.38. The molecule has 1 atom stereocenters. The number of hydrogen-bond acceptors (Lipinski definition) is 4. The van der Waals surface area contributed by atoms with Crippen LogP contribution in [0.15, 0.2) is 0 Å². The van der Waals surface area contributed by atoms with Gasteiger partial charge in [0.15, 0.2) is 0 Å². The van der Waals surface area contributed by atoms with Crippen LogP contribution in [0.3, 0.4) is 0 Å². The van der Waals surface area contributed by atoms with Crippen LogP contribution in [0.4, 0.5) is 0 Å². The molecule has 0 aromatic heterocycles. The number of nitrogens with zero attached hydrogens (tertiary/aromatic N) is 1. The molecule has 2 aliphatic heterocycles. The number of esters is 1. The van der Waals surface area contributed by atoms with E-state index in [4.69, 9.17) is 4.74 Å². The molecule has 2 fully saturated rings. The Kier molecular flexibility index (Phi) is 3.99. The zero-order chi connectivity index (χ0) is 12.3. The first kappa shape index (κ1) is 12.4. The summed E-state index contributed by atoms with van der Waals surface area (Å²) in [4.78, 5) is 25.7. The number of rotatable bonds is 3. The van der Waals surface area contributed by atoms with Crippen molar-refractivity contribution in [3.8, 4) is 0 Å². The van der Waals surface area contributed by atoms with Gasteiger partial charge in [0.05, 0.1) is 12.5 Å². The van der Waals surface area contributed by atoms with Crippen molar-refractivity contribution in [3.05, 3.63) is 0 Å². The topological polar surface area (TPSA) is 58.6 Å². The molecule has 5 heteroatoms. The van der Waals surface area contributed by atoms with Crippen LogP contribution in [0.5, 0.6) is 0 Å². The molecule has 0 aromatic rings. The molecule has 2 heterocycles. The summed E-state index contributed by atoms with van der Waals surface area (Å²) in [5.41, 5.74) is 0. The monoisotopic (exact) mass is 240 g/mol. The molecule has 17 heavy (non-hydrogen) atoms. The Morgan fingerprint density at radius 1 is 1.35 bits per heavy atom. The molecule has 0 saturated carbocycles. The van der Waals surface area contributed by atoms with Gasteiger partial charge in [-0.15, -0.1) is 0 Å². The zero-order valence-corrected chi connectivity index (χ0v) is 10.3. The maximum absolute atomic E-state index is 12.2. The van der Waals surface area contributed by atoms with Crippen molar-refractivity contribution in [2.24, 2.45) is 5.92 Å². The summed E-state index contributed by atoms with van der Waals surface area (Å²) in [7, 11) is 0. The third-order valence-corrected chi connectivity index (χ3v) is 3.48. The lowest BCUT2D eigenvalue weighted by atomic mass is 9.96. The highest BCUT2D eigenvalue weighted by atomic mass is 16.5. The quantitative estimate of drug-likeness (QED) is 0.713. The van der Waals surface area contributed by atoms with Crippen molar-refractivity contribution in [3.63, 3.8) is 0 Å². The number of amides is 1. The molecule has 1 N–H and O–H groups in total. The van der Waals surface area contributed by atoms with Gasteiger partial charge in [-0.2, -0.15) is 0 Å². The second-order valence-electron chi connectivity index (χ2n) is 4.65. The highest BCUT2D eigenvalue weighted by Crippen LogP contribution is 2.21. The molecule has 0 spiro atoms. The van der Waals surface area contributed by atoms with Crippen molar-refractivity contribution in [1.82, 2.24) is 10.2 Å². The second-order valence-corrected chi connectivity index (χ2v) is 4.65. The smallest absolute Gasteiger partial charge is 0.328 e. The van der Waals surface area contributed by atoms with E-state index in [-0.39, 0.29) is 23.8 Å². The predicted octanol–water partition coefficient (Wildman–Crippen LogP) is 0.150. The fraction of sp³-hybridized carbons (Fsp3) is 0.833. The highest BCUT2D eigenvalue weighted by Gasteiger charge is 2.37. The zero-order valence-electron chi connectivity index (χ0n) is 10.3. The van der Waals surface area contributed by atoms with Crippen LogP contribution in [-0.4, -0.2) is 49.1 Å². The Hall–Kier alpha value is -1.10. The van der Waals surface area contributed by atoms with Crippen molar-refractivity contribution >= 4 is 11.9 Å². The average molecular weight is 240 g/mol. The minimum atomic E-state index is -0.350. The average Bonchev–Trinajstić information content (AvgIpc) is 2.27. The first-order valence-electron chi connectivity index (χ1n) is 6.42. The number of nitrogens with one attached hydrogen (secondary N) is 1. The summed E-state index contributed by atoms with van der Waals surface area (Å²) >= 11 is 0. The van der Waals surface area contributed by atoms with Gasteiger partial charge in [-0.3, -0.25) is 4.79 Å². The molecule has 1 amide bonds. The number of carbonyl (C=O) groups excluding carboxylic acids is 2. The molecule has 0 radical (unpaired) electrons. The van der Waals surface area contributed by atoms with Crippen LogP contribution in [-0.2, 0) is 14.3 Å². The number of carbonyl (C=O) groups is 2. The molecule has 2 aliphatic rings. The van der Waals surface area contributed by atoms with Gasteiger partial charge in [0.2, 0.25) is 5.91 Å². The summed E-state index contributed by atoms with van der Waals surface area (Å²) in [6.07, 6.45) is 2.72. The molecule has 96 valence electrons. The summed E-state index contributed by atoms with van der Waals surface area (Å²) in [6, 6.07) is -0.350. The first-order chi connectivity index (χ1) is 8.24. The number of hydrogen-bond donors (Lipinski definition) is 1. The molecule has 0 aliphatic carbocycles. The molecular formula is C12H20N2O3. The van der Waals surface area contributed by atoms with Crippen molar-refractivity contribution < 1.29 is 14.3 Å². The van der Waals surface area contributed by atoms with E-state index in [1.54, 1.807) is 11.8 Å². The predicted molar refractivity (Wildman–Crippen MR) is 62.3 cm³/mol. The van der Waals surface area contributed by atoms with Crippen molar-refractivity contribution in [2.75, 3.05) is 26.2 Å². The highest BCUT2D eigenvalue weighted by molar-refractivity contribution is 5.86. The Bertz CT molecular complexity index is 302. The number of likely N-dealkylation sites (tertiary alicyclic amines) is 1. The minimum absolute atomic E-state index is 0.0602. The second kappa shape index (κ2) is 5.49. The fourth-order valence-electron chi connectivity index (χ4n) is 2.38.